The number of carbonyl (C=O) groups excluding carboxylic acids is 2. The van der Waals surface area contributed by atoms with Gasteiger partial charge in [-0.2, -0.15) is 0 Å². The predicted molar refractivity (Wildman–Crippen MR) is 86.5 cm³/mol. The quantitative estimate of drug-likeness (QED) is 0.734. The molecule has 0 saturated carbocycles. The fourth-order valence-corrected chi connectivity index (χ4v) is 4.39. The highest BCUT2D eigenvalue weighted by Gasteiger charge is 2.29. The molecule has 0 radical (unpaired) electrons. The Hall–Kier alpha value is -2.29. The van der Waals surface area contributed by atoms with Crippen LogP contribution in [0.25, 0.3) is 0 Å². The van der Waals surface area contributed by atoms with E-state index in [-0.39, 0.29) is 29.4 Å². The molecule has 0 bridgehead atoms. The molecular weight excluding hydrogens is 336 g/mol. The Balaban J connectivity index is 1.92. The van der Waals surface area contributed by atoms with E-state index in [9.17, 15) is 18.0 Å². The van der Waals surface area contributed by atoms with E-state index in [1.54, 1.807) is 12.1 Å². The van der Waals surface area contributed by atoms with Crippen LogP contribution in [-0.2, 0) is 14.6 Å². The van der Waals surface area contributed by atoms with Crippen molar-refractivity contribution in [2.45, 2.75) is 12.8 Å². The average Bonchev–Trinajstić information content (AvgIpc) is 2.90. The lowest BCUT2D eigenvalue weighted by Gasteiger charge is -2.12. The molecule has 1 atom stereocenters. The van der Waals surface area contributed by atoms with Gasteiger partial charge in [0.2, 0.25) is 5.91 Å². The summed E-state index contributed by atoms with van der Waals surface area (Å²) in [4.78, 5) is 24.0. The number of hydrogen-bond donors (Lipinski definition) is 2. The molecule has 132 valence electrons. The van der Waals surface area contributed by atoms with Crippen molar-refractivity contribution in [2.75, 3.05) is 25.7 Å². The Labute approximate surface area is 140 Å². The maximum Gasteiger partial charge on any atom is 0.273 e. The Bertz CT molecular complexity index is 731. The number of benzene rings is 1. The molecule has 0 unspecified atom stereocenters. The summed E-state index contributed by atoms with van der Waals surface area (Å²) in [7, 11) is -0.128. The van der Waals surface area contributed by atoms with Gasteiger partial charge in [-0.15, -0.1) is 0 Å². The van der Waals surface area contributed by atoms with Gasteiger partial charge in [0, 0.05) is 6.42 Å². The monoisotopic (exact) mass is 356 g/mol. The minimum absolute atomic E-state index is 0.0120. The van der Waals surface area contributed by atoms with E-state index >= 15 is 0 Å². The third-order valence-corrected chi connectivity index (χ3v) is 5.60. The summed E-state index contributed by atoms with van der Waals surface area (Å²) in [6, 6.07) is 4.72. The summed E-state index contributed by atoms with van der Waals surface area (Å²) in [5.74, 6) is -0.271. The second-order valence-electron chi connectivity index (χ2n) is 5.54. The van der Waals surface area contributed by atoms with E-state index in [1.807, 2.05) is 0 Å². The van der Waals surface area contributed by atoms with Crippen LogP contribution in [0.4, 0.5) is 0 Å². The van der Waals surface area contributed by atoms with E-state index in [0.29, 0.717) is 17.9 Å². The lowest BCUT2D eigenvalue weighted by atomic mass is 10.1. The zero-order valence-corrected chi connectivity index (χ0v) is 14.3. The molecule has 1 aromatic carbocycles. The van der Waals surface area contributed by atoms with Gasteiger partial charge in [0.1, 0.15) is 11.5 Å². The lowest BCUT2D eigenvalue weighted by Crippen LogP contribution is -2.42. The van der Waals surface area contributed by atoms with Gasteiger partial charge in [0.25, 0.3) is 5.91 Å². The van der Waals surface area contributed by atoms with E-state index < -0.39 is 21.7 Å². The Morgan fingerprint density at radius 3 is 2.54 bits per heavy atom. The highest BCUT2D eigenvalue weighted by Crippen LogP contribution is 2.24. The molecule has 0 aromatic heterocycles. The number of methoxy groups -OCH3 is 2. The van der Waals surface area contributed by atoms with Gasteiger partial charge in [0.05, 0.1) is 31.3 Å². The molecule has 0 aliphatic carbocycles. The first-order valence-corrected chi connectivity index (χ1v) is 9.18. The maximum atomic E-state index is 12.2. The van der Waals surface area contributed by atoms with Crippen molar-refractivity contribution in [2.24, 2.45) is 5.92 Å². The van der Waals surface area contributed by atoms with Crippen molar-refractivity contribution in [3.05, 3.63) is 23.8 Å². The van der Waals surface area contributed by atoms with Gasteiger partial charge in [-0.25, -0.2) is 8.42 Å². The van der Waals surface area contributed by atoms with Crippen LogP contribution in [0.3, 0.4) is 0 Å². The molecule has 24 heavy (non-hydrogen) atoms. The average molecular weight is 356 g/mol. The first-order chi connectivity index (χ1) is 11.3. The van der Waals surface area contributed by atoms with Gasteiger partial charge in [-0.3, -0.25) is 20.4 Å². The van der Waals surface area contributed by atoms with Gasteiger partial charge >= 0.3 is 0 Å². The number of hydrogen-bond acceptors (Lipinski definition) is 6. The number of hydrazine groups is 1. The zero-order valence-electron chi connectivity index (χ0n) is 13.5. The highest BCUT2D eigenvalue weighted by atomic mass is 32.2. The molecule has 1 aromatic rings. The molecule has 1 saturated heterocycles. The third-order valence-electron chi connectivity index (χ3n) is 3.77. The highest BCUT2D eigenvalue weighted by molar-refractivity contribution is 7.91. The summed E-state index contributed by atoms with van der Waals surface area (Å²) in [5, 5.41) is 0. The zero-order chi connectivity index (χ0) is 17.7. The standard InChI is InChI=1S/C15H20N2O6S/c1-22-11-3-4-13(23-2)12(8-11)15(19)17-16-14(18)7-10-5-6-24(20,21)9-10/h3-4,8,10H,5-7,9H2,1-2H3,(H,16,18)(H,17,19)/t10-/m0/s1. The predicted octanol–water partition coefficient (Wildman–Crippen LogP) is 0.290. The number of sulfone groups is 1. The maximum absolute atomic E-state index is 12.2. The van der Waals surface area contributed by atoms with E-state index in [2.05, 4.69) is 10.9 Å². The second kappa shape index (κ2) is 7.52. The summed E-state index contributed by atoms with van der Waals surface area (Å²) in [6.07, 6.45) is 0.516. The number of carbonyl (C=O) groups is 2. The SMILES string of the molecule is COc1ccc(OC)c(C(=O)NNC(=O)C[C@@H]2CCS(=O)(=O)C2)c1. The van der Waals surface area contributed by atoms with Gasteiger partial charge in [-0.1, -0.05) is 0 Å². The van der Waals surface area contributed by atoms with Crippen molar-refractivity contribution in [1.29, 1.82) is 0 Å². The number of ether oxygens (including phenoxy) is 2. The molecule has 1 fully saturated rings. The summed E-state index contributed by atoms with van der Waals surface area (Å²) in [6.45, 7) is 0. The number of amides is 2. The van der Waals surface area contributed by atoms with Gasteiger partial charge in [-0.05, 0) is 30.5 Å². The molecule has 1 aliphatic heterocycles. The molecule has 9 heteroatoms. The summed E-state index contributed by atoms with van der Waals surface area (Å²) < 4.78 is 32.9. The normalized spacial score (nSPS) is 18.7. The molecule has 2 N–H and O–H groups in total. The molecule has 1 heterocycles. The molecule has 2 amide bonds. The van der Waals surface area contributed by atoms with Crippen LogP contribution in [0.5, 0.6) is 11.5 Å². The fraction of sp³-hybridized carbons (Fsp3) is 0.467. The largest absolute Gasteiger partial charge is 0.497 e. The molecule has 2 rings (SSSR count). The number of rotatable bonds is 5. The van der Waals surface area contributed by atoms with Crippen LogP contribution < -0.4 is 20.3 Å². The van der Waals surface area contributed by atoms with E-state index in [4.69, 9.17) is 9.47 Å². The molecule has 0 spiro atoms. The summed E-state index contributed by atoms with van der Waals surface area (Å²) in [5.41, 5.74) is 4.80. The molecule has 1 aliphatic rings. The van der Waals surface area contributed by atoms with Crippen LogP contribution in [0.15, 0.2) is 18.2 Å². The van der Waals surface area contributed by atoms with Crippen LogP contribution in [-0.4, -0.2) is 46.0 Å². The Morgan fingerprint density at radius 2 is 1.96 bits per heavy atom. The lowest BCUT2D eigenvalue weighted by molar-refractivity contribution is -0.122. The smallest absolute Gasteiger partial charge is 0.273 e. The molecule has 8 nitrogen and oxygen atoms in total. The first kappa shape index (κ1) is 18.1. The van der Waals surface area contributed by atoms with Gasteiger partial charge < -0.3 is 9.47 Å². The van der Waals surface area contributed by atoms with Crippen LogP contribution in [0.1, 0.15) is 23.2 Å². The van der Waals surface area contributed by atoms with Crippen molar-refractivity contribution < 1.29 is 27.5 Å². The van der Waals surface area contributed by atoms with Crippen LogP contribution in [0, 0.1) is 5.92 Å². The Morgan fingerprint density at radius 1 is 1.21 bits per heavy atom. The third kappa shape index (κ3) is 4.60. The second-order valence-corrected chi connectivity index (χ2v) is 7.77. The van der Waals surface area contributed by atoms with Gasteiger partial charge in [0.15, 0.2) is 9.84 Å². The Kier molecular flexibility index (Phi) is 5.66. The topological polar surface area (TPSA) is 111 Å². The van der Waals surface area contributed by atoms with Crippen molar-refractivity contribution in [3.63, 3.8) is 0 Å². The molecular formula is C15H20N2O6S. The van der Waals surface area contributed by atoms with Crippen LogP contribution in [0.2, 0.25) is 0 Å². The van der Waals surface area contributed by atoms with E-state index in [1.165, 1.54) is 20.3 Å². The number of nitrogens with one attached hydrogen (secondary N) is 2. The van der Waals surface area contributed by atoms with Crippen LogP contribution >= 0.6 is 0 Å². The minimum atomic E-state index is -3.03. The van der Waals surface area contributed by atoms with Crippen molar-refractivity contribution in [3.8, 4) is 11.5 Å². The van der Waals surface area contributed by atoms with Crippen molar-refractivity contribution in [1.82, 2.24) is 10.9 Å². The van der Waals surface area contributed by atoms with Crippen molar-refractivity contribution >= 4 is 21.7 Å². The van der Waals surface area contributed by atoms with E-state index in [0.717, 1.165) is 0 Å². The minimum Gasteiger partial charge on any atom is -0.497 e. The fourth-order valence-electron chi connectivity index (χ4n) is 2.53. The first-order valence-electron chi connectivity index (χ1n) is 7.36. The summed E-state index contributed by atoms with van der Waals surface area (Å²) >= 11 is 0.